The van der Waals surface area contributed by atoms with Crippen LogP contribution in [0.3, 0.4) is 0 Å². The molecule has 0 aliphatic heterocycles. The Hall–Kier alpha value is -0.0800. The van der Waals surface area contributed by atoms with Crippen molar-refractivity contribution in [2.75, 3.05) is 13.1 Å². The highest BCUT2D eigenvalue weighted by Gasteiger charge is 2.08. The SMILES string of the molecule is CC(C)CC(C)NCCNC(C)(C)C. The molecule has 0 saturated heterocycles. The van der Waals surface area contributed by atoms with Crippen molar-refractivity contribution in [3.05, 3.63) is 0 Å². The van der Waals surface area contributed by atoms with Crippen LogP contribution in [0.5, 0.6) is 0 Å². The summed E-state index contributed by atoms with van der Waals surface area (Å²) in [6.07, 6.45) is 1.26. The van der Waals surface area contributed by atoms with Crippen LogP contribution in [0, 0.1) is 5.92 Å². The Morgan fingerprint density at radius 1 is 1.00 bits per heavy atom. The summed E-state index contributed by atoms with van der Waals surface area (Å²) in [5.74, 6) is 0.785. The second-order valence-electron chi connectivity index (χ2n) is 5.66. The molecule has 2 N–H and O–H groups in total. The Labute approximate surface area is 89.9 Å². The molecule has 0 aromatic heterocycles. The van der Waals surface area contributed by atoms with Crippen molar-refractivity contribution in [1.29, 1.82) is 0 Å². The van der Waals surface area contributed by atoms with Gasteiger partial charge in [-0.1, -0.05) is 13.8 Å². The maximum Gasteiger partial charge on any atom is 0.00970 e. The van der Waals surface area contributed by atoms with Gasteiger partial charge in [0.25, 0.3) is 0 Å². The van der Waals surface area contributed by atoms with Crippen molar-refractivity contribution in [3.63, 3.8) is 0 Å². The van der Waals surface area contributed by atoms with Crippen LogP contribution in [0.15, 0.2) is 0 Å². The zero-order valence-corrected chi connectivity index (χ0v) is 10.8. The first-order valence-corrected chi connectivity index (χ1v) is 5.79. The molecule has 0 heterocycles. The van der Waals surface area contributed by atoms with Crippen molar-refractivity contribution in [2.24, 2.45) is 5.92 Å². The van der Waals surface area contributed by atoms with Gasteiger partial charge in [0.2, 0.25) is 0 Å². The molecule has 2 nitrogen and oxygen atoms in total. The van der Waals surface area contributed by atoms with Gasteiger partial charge in [0.1, 0.15) is 0 Å². The van der Waals surface area contributed by atoms with Crippen molar-refractivity contribution in [2.45, 2.75) is 59.5 Å². The van der Waals surface area contributed by atoms with Crippen LogP contribution in [-0.2, 0) is 0 Å². The maximum atomic E-state index is 3.52. The molecule has 86 valence electrons. The third-order valence-electron chi connectivity index (χ3n) is 2.10. The van der Waals surface area contributed by atoms with Crippen LogP contribution in [0.4, 0.5) is 0 Å². The summed E-state index contributed by atoms with van der Waals surface area (Å²) < 4.78 is 0. The third kappa shape index (κ3) is 10.0. The average Bonchev–Trinajstić information content (AvgIpc) is 1.95. The molecule has 0 spiro atoms. The van der Waals surface area contributed by atoms with Gasteiger partial charge in [-0.3, -0.25) is 0 Å². The van der Waals surface area contributed by atoms with E-state index in [0.717, 1.165) is 19.0 Å². The average molecular weight is 200 g/mol. The van der Waals surface area contributed by atoms with E-state index in [2.05, 4.69) is 52.2 Å². The number of hydrogen-bond donors (Lipinski definition) is 2. The normalized spacial score (nSPS) is 14.8. The first kappa shape index (κ1) is 13.9. The van der Waals surface area contributed by atoms with E-state index in [4.69, 9.17) is 0 Å². The van der Waals surface area contributed by atoms with Crippen LogP contribution >= 0.6 is 0 Å². The lowest BCUT2D eigenvalue weighted by Gasteiger charge is -2.22. The predicted octanol–water partition coefficient (Wildman–Crippen LogP) is 2.40. The number of hydrogen-bond acceptors (Lipinski definition) is 2. The molecule has 0 aliphatic carbocycles. The lowest BCUT2D eigenvalue weighted by molar-refractivity contribution is 0.395. The van der Waals surface area contributed by atoms with Gasteiger partial charge in [0.15, 0.2) is 0 Å². The zero-order valence-electron chi connectivity index (χ0n) is 10.8. The molecular formula is C12H28N2. The van der Waals surface area contributed by atoms with E-state index in [9.17, 15) is 0 Å². The third-order valence-corrected chi connectivity index (χ3v) is 2.10. The Morgan fingerprint density at radius 3 is 2.00 bits per heavy atom. The Bertz CT molecular complexity index is 136. The van der Waals surface area contributed by atoms with E-state index in [1.165, 1.54) is 6.42 Å². The lowest BCUT2D eigenvalue weighted by atomic mass is 10.1. The van der Waals surface area contributed by atoms with Crippen molar-refractivity contribution in [3.8, 4) is 0 Å². The topological polar surface area (TPSA) is 24.1 Å². The van der Waals surface area contributed by atoms with Crippen LogP contribution in [0.1, 0.15) is 48.0 Å². The van der Waals surface area contributed by atoms with Gasteiger partial charge in [-0.05, 0) is 40.0 Å². The molecular weight excluding hydrogens is 172 g/mol. The summed E-state index contributed by atoms with van der Waals surface area (Å²) in [6, 6.07) is 0.636. The second-order valence-corrected chi connectivity index (χ2v) is 5.66. The molecule has 0 saturated carbocycles. The Kier molecular flexibility index (Phi) is 6.38. The molecule has 1 unspecified atom stereocenters. The summed E-state index contributed by atoms with van der Waals surface area (Å²) in [5.41, 5.74) is 0.239. The predicted molar refractivity (Wildman–Crippen MR) is 64.7 cm³/mol. The highest BCUT2D eigenvalue weighted by atomic mass is 15.0. The van der Waals surface area contributed by atoms with Gasteiger partial charge in [-0.25, -0.2) is 0 Å². The van der Waals surface area contributed by atoms with Gasteiger partial charge in [0.05, 0.1) is 0 Å². The minimum Gasteiger partial charge on any atom is -0.313 e. The summed E-state index contributed by atoms with van der Waals surface area (Å²) in [4.78, 5) is 0. The molecule has 0 amide bonds. The van der Waals surface area contributed by atoms with Crippen molar-refractivity contribution in [1.82, 2.24) is 10.6 Å². The quantitative estimate of drug-likeness (QED) is 0.643. The van der Waals surface area contributed by atoms with Gasteiger partial charge in [-0.15, -0.1) is 0 Å². The molecule has 0 aromatic carbocycles. The van der Waals surface area contributed by atoms with E-state index in [1.54, 1.807) is 0 Å². The van der Waals surface area contributed by atoms with Crippen molar-refractivity contribution >= 4 is 0 Å². The van der Waals surface area contributed by atoms with Crippen LogP contribution in [-0.4, -0.2) is 24.7 Å². The molecule has 0 fully saturated rings. The number of nitrogens with one attached hydrogen (secondary N) is 2. The van der Waals surface area contributed by atoms with Gasteiger partial charge >= 0.3 is 0 Å². The smallest absolute Gasteiger partial charge is 0.00970 e. The second kappa shape index (κ2) is 6.41. The molecule has 0 rings (SSSR count). The van der Waals surface area contributed by atoms with E-state index >= 15 is 0 Å². The minimum atomic E-state index is 0.239. The summed E-state index contributed by atoms with van der Waals surface area (Å²) in [7, 11) is 0. The van der Waals surface area contributed by atoms with Gasteiger partial charge in [0, 0.05) is 24.7 Å². The fourth-order valence-electron chi connectivity index (χ4n) is 1.55. The summed E-state index contributed by atoms with van der Waals surface area (Å²) >= 11 is 0. The molecule has 14 heavy (non-hydrogen) atoms. The fraction of sp³-hybridized carbons (Fsp3) is 1.00. The van der Waals surface area contributed by atoms with Gasteiger partial charge < -0.3 is 10.6 Å². The molecule has 0 aromatic rings. The fourth-order valence-corrected chi connectivity index (χ4v) is 1.55. The summed E-state index contributed by atoms with van der Waals surface area (Å²) in [6.45, 7) is 15.5. The highest BCUT2D eigenvalue weighted by Crippen LogP contribution is 2.03. The zero-order chi connectivity index (χ0) is 11.2. The van der Waals surface area contributed by atoms with E-state index in [0.29, 0.717) is 6.04 Å². The van der Waals surface area contributed by atoms with Crippen LogP contribution < -0.4 is 10.6 Å². The van der Waals surface area contributed by atoms with E-state index < -0.39 is 0 Å². The molecule has 0 radical (unpaired) electrons. The molecule has 1 atom stereocenters. The van der Waals surface area contributed by atoms with Crippen LogP contribution in [0.25, 0.3) is 0 Å². The first-order chi connectivity index (χ1) is 6.31. The largest absolute Gasteiger partial charge is 0.313 e. The molecule has 0 bridgehead atoms. The van der Waals surface area contributed by atoms with E-state index in [-0.39, 0.29) is 5.54 Å². The number of rotatable bonds is 6. The summed E-state index contributed by atoms with van der Waals surface area (Å²) in [5, 5.41) is 6.99. The molecule has 2 heteroatoms. The highest BCUT2D eigenvalue weighted by molar-refractivity contribution is 4.71. The van der Waals surface area contributed by atoms with Crippen LogP contribution in [0.2, 0.25) is 0 Å². The standard InChI is InChI=1S/C12H28N2/c1-10(2)9-11(3)13-7-8-14-12(4,5)6/h10-11,13-14H,7-9H2,1-6H3. The van der Waals surface area contributed by atoms with Gasteiger partial charge in [-0.2, -0.15) is 0 Å². The van der Waals surface area contributed by atoms with E-state index in [1.807, 2.05) is 0 Å². The Balaban J connectivity index is 3.36. The van der Waals surface area contributed by atoms with Crippen molar-refractivity contribution < 1.29 is 0 Å². The Morgan fingerprint density at radius 2 is 1.57 bits per heavy atom. The maximum absolute atomic E-state index is 3.52. The minimum absolute atomic E-state index is 0.239. The lowest BCUT2D eigenvalue weighted by Crippen LogP contribution is -2.42. The monoisotopic (exact) mass is 200 g/mol. The molecule has 0 aliphatic rings. The first-order valence-electron chi connectivity index (χ1n) is 5.79.